The van der Waals surface area contributed by atoms with Crippen LogP contribution in [0.15, 0.2) is 30.5 Å². The molecular formula is C22H31ClN8O. The number of benzene rings is 1. The number of hydrogen-bond donors (Lipinski definition) is 3. The van der Waals surface area contributed by atoms with Crippen molar-refractivity contribution < 1.29 is 4.79 Å². The van der Waals surface area contributed by atoms with Crippen LogP contribution in [0.25, 0.3) is 0 Å². The molecule has 3 heterocycles. The number of urea groups is 1. The lowest BCUT2D eigenvalue weighted by Crippen LogP contribution is -2.43. The Kier molecular flexibility index (Phi) is 7.29. The number of aromatic nitrogens is 2. The van der Waals surface area contributed by atoms with Gasteiger partial charge in [-0.15, -0.1) is 0 Å². The highest BCUT2D eigenvalue weighted by Crippen LogP contribution is 2.23. The van der Waals surface area contributed by atoms with Gasteiger partial charge in [0.25, 0.3) is 0 Å². The number of rotatable bonds is 6. The molecule has 3 N–H and O–H groups in total. The molecule has 1 atom stereocenters. The number of carbonyl (C=O) groups excluding carboxylic acids is 1. The van der Waals surface area contributed by atoms with E-state index in [1.807, 2.05) is 24.3 Å². The Morgan fingerprint density at radius 2 is 2.00 bits per heavy atom. The Balaban J connectivity index is 1.27. The third-order valence-electron chi connectivity index (χ3n) is 6.01. The SMILES string of the molecule is CNc1nccc(N2CCC(NC(=O)Nc3ccc(CN4CCN(C)CC4)c(Cl)c3)C2)n1. The molecule has 0 radical (unpaired) electrons. The van der Waals surface area contributed by atoms with Crippen molar-refractivity contribution in [1.82, 2.24) is 25.1 Å². The lowest BCUT2D eigenvalue weighted by Gasteiger charge is -2.32. The predicted octanol–water partition coefficient (Wildman–Crippen LogP) is 2.32. The second-order valence-corrected chi connectivity index (χ2v) is 8.81. The molecule has 1 unspecified atom stereocenters. The zero-order valence-corrected chi connectivity index (χ0v) is 19.4. The van der Waals surface area contributed by atoms with Crippen molar-refractivity contribution in [3.8, 4) is 0 Å². The molecule has 2 aliphatic rings. The number of hydrogen-bond acceptors (Lipinski definition) is 7. The maximum Gasteiger partial charge on any atom is 0.319 e. The summed E-state index contributed by atoms with van der Waals surface area (Å²) in [5, 5.41) is 9.59. The van der Waals surface area contributed by atoms with Gasteiger partial charge in [-0.3, -0.25) is 4.90 Å². The van der Waals surface area contributed by atoms with Gasteiger partial charge in [-0.05, 0) is 37.2 Å². The molecule has 32 heavy (non-hydrogen) atoms. The fraction of sp³-hybridized carbons (Fsp3) is 0.500. The van der Waals surface area contributed by atoms with E-state index in [1.54, 1.807) is 13.2 Å². The molecule has 1 aromatic heterocycles. The number of anilines is 3. The molecule has 2 saturated heterocycles. The van der Waals surface area contributed by atoms with Crippen LogP contribution in [0.2, 0.25) is 5.02 Å². The van der Waals surface area contributed by atoms with Gasteiger partial charge in [0, 0.05) is 75.8 Å². The van der Waals surface area contributed by atoms with Crippen LogP contribution in [0.4, 0.5) is 22.2 Å². The molecule has 1 aromatic carbocycles. The van der Waals surface area contributed by atoms with E-state index >= 15 is 0 Å². The number of piperazine rings is 1. The maximum atomic E-state index is 12.5. The van der Waals surface area contributed by atoms with Gasteiger partial charge in [0.2, 0.25) is 5.95 Å². The van der Waals surface area contributed by atoms with Crippen LogP contribution < -0.4 is 20.9 Å². The lowest BCUT2D eigenvalue weighted by molar-refractivity contribution is 0.148. The average molecular weight is 459 g/mol. The van der Waals surface area contributed by atoms with Crippen molar-refractivity contribution in [3.63, 3.8) is 0 Å². The van der Waals surface area contributed by atoms with E-state index in [4.69, 9.17) is 11.6 Å². The molecule has 2 amide bonds. The van der Waals surface area contributed by atoms with Crippen LogP contribution in [0.1, 0.15) is 12.0 Å². The van der Waals surface area contributed by atoms with Crippen LogP contribution in [0.5, 0.6) is 0 Å². The standard InChI is InChI=1S/C22H31ClN8O/c1-24-21-25-7-5-20(28-21)31-8-6-18(15-31)27-22(32)26-17-4-3-16(19(23)13-17)14-30-11-9-29(2)10-12-30/h3-5,7,13,18H,6,8-12,14-15H2,1-2H3,(H,24,25,28)(H2,26,27,32). The van der Waals surface area contributed by atoms with Crippen molar-refractivity contribution in [3.05, 3.63) is 41.0 Å². The Labute approximate surface area is 194 Å². The summed E-state index contributed by atoms with van der Waals surface area (Å²) in [6.45, 7) is 6.59. The first-order valence-corrected chi connectivity index (χ1v) is 11.4. The van der Waals surface area contributed by atoms with E-state index in [2.05, 4.69) is 47.7 Å². The second-order valence-electron chi connectivity index (χ2n) is 8.40. The number of amides is 2. The molecule has 0 spiro atoms. The summed E-state index contributed by atoms with van der Waals surface area (Å²) in [6, 6.07) is 7.45. The van der Waals surface area contributed by atoms with Crippen LogP contribution in [-0.2, 0) is 6.54 Å². The Hall–Kier alpha value is -2.62. The molecule has 2 fully saturated rings. The van der Waals surface area contributed by atoms with Gasteiger partial charge in [0.1, 0.15) is 5.82 Å². The van der Waals surface area contributed by atoms with Gasteiger partial charge in [-0.25, -0.2) is 9.78 Å². The fourth-order valence-corrected chi connectivity index (χ4v) is 4.32. The minimum Gasteiger partial charge on any atom is -0.357 e. The molecule has 9 nitrogen and oxygen atoms in total. The fourth-order valence-electron chi connectivity index (χ4n) is 4.08. The molecule has 2 aliphatic heterocycles. The number of nitrogens with zero attached hydrogens (tertiary/aromatic N) is 5. The third-order valence-corrected chi connectivity index (χ3v) is 6.36. The van der Waals surface area contributed by atoms with Crippen molar-refractivity contribution >= 4 is 35.1 Å². The van der Waals surface area contributed by atoms with E-state index in [-0.39, 0.29) is 12.1 Å². The Morgan fingerprint density at radius 3 is 2.75 bits per heavy atom. The number of nitrogens with one attached hydrogen (secondary N) is 3. The molecule has 0 saturated carbocycles. The monoisotopic (exact) mass is 458 g/mol. The van der Waals surface area contributed by atoms with Gasteiger partial charge in [-0.1, -0.05) is 17.7 Å². The minimum atomic E-state index is -0.224. The van der Waals surface area contributed by atoms with Crippen LogP contribution in [0, 0.1) is 0 Å². The summed E-state index contributed by atoms with van der Waals surface area (Å²) in [4.78, 5) is 28.0. The van der Waals surface area contributed by atoms with Crippen LogP contribution >= 0.6 is 11.6 Å². The van der Waals surface area contributed by atoms with Crippen molar-refractivity contribution in [1.29, 1.82) is 0 Å². The van der Waals surface area contributed by atoms with E-state index in [0.717, 1.165) is 57.1 Å². The van der Waals surface area contributed by atoms with Crippen LogP contribution in [0.3, 0.4) is 0 Å². The molecule has 172 valence electrons. The van der Waals surface area contributed by atoms with Gasteiger partial charge in [0.05, 0.1) is 0 Å². The first kappa shape index (κ1) is 22.6. The number of halogens is 1. The zero-order valence-electron chi connectivity index (χ0n) is 18.6. The second kappa shape index (κ2) is 10.3. The van der Waals surface area contributed by atoms with Crippen molar-refractivity contribution in [2.24, 2.45) is 0 Å². The van der Waals surface area contributed by atoms with Crippen molar-refractivity contribution in [2.75, 3.05) is 68.9 Å². The molecule has 2 aromatic rings. The summed E-state index contributed by atoms with van der Waals surface area (Å²) >= 11 is 6.51. The molecule has 0 bridgehead atoms. The number of carbonyl (C=O) groups is 1. The van der Waals surface area contributed by atoms with Crippen LogP contribution in [-0.4, -0.2) is 85.2 Å². The summed E-state index contributed by atoms with van der Waals surface area (Å²) in [5.41, 5.74) is 1.78. The van der Waals surface area contributed by atoms with E-state index < -0.39 is 0 Å². The highest BCUT2D eigenvalue weighted by atomic mass is 35.5. The van der Waals surface area contributed by atoms with Crippen molar-refractivity contribution in [2.45, 2.75) is 19.0 Å². The average Bonchev–Trinajstić information content (AvgIpc) is 3.25. The number of likely N-dealkylation sites (N-methyl/N-ethyl adjacent to an activating group) is 1. The summed E-state index contributed by atoms with van der Waals surface area (Å²) in [5.74, 6) is 1.45. The van der Waals surface area contributed by atoms with Gasteiger partial charge in [0.15, 0.2) is 0 Å². The Morgan fingerprint density at radius 1 is 1.19 bits per heavy atom. The normalized spacial score (nSPS) is 19.7. The topological polar surface area (TPSA) is 88.7 Å². The van der Waals surface area contributed by atoms with E-state index in [1.165, 1.54) is 0 Å². The largest absolute Gasteiger partial charge is 0.357 e. The predicted molar refractivity (Wildman–Crippen MR) is 129 cm³/mol. The summed E-state index contributed by atoms with van der Waals surface area (Å²) < 4.78 is 0. The first-order chi connectivity index (χ1) is 15.5. The summed E-state index contributed by atoms with van der Waals surface area (Å²) in [7, 11) is 3.94. The zero-order chi connectivity index (χ0) is 22.5. The minimum absolute atomic E-state index is 0.0509. The third kappa shape index (κ3) is 5.79. The lowest BCUT2D eigenvalue weighted by atomic mass is 10.1. The van der Waals surface area contributed by atoms with E-state index in [0.29, 0.717) is 23.2 Å². The summed E-state index contributed by atoms with van der Waals surface area (Å²) in [6.07, 6.45) is 2.59. The highest BCUT2D eigenvalue weighted by Gasteiger charge is 2.25. The molecule has 10 heteroatoms. The molecular weight excluding hydrogens is 428 g/mol. The van der Waals surface area contributed by atoms with Gasteiger partial charge >= 0.3 is 6.03 Å². The molecule has 4 rings (SSSR count). The first-order valence-electron chi connectivity index (χ1n) is 11.0. The Bertz CT molecular complexity index is 934. The molecule has 0 aliphatic carbocycles. The quantitative estimate of drug-likeness (QED) is 0.612. The highest BCUT2D eigenvalue weighted by molar-refractivity contribution is 6.31. The van der Waals surface area contributed by atoms with Gasteiger partial charge in [-0.2, -0.15) is 4.98 Å². The van der Waals surface area contributed by atoms with Gasteiger partial charge < -0.3 is 25.8 Å². The smallest absolute Gasteiger partial charge is 0.319 e. The van der Waals surface area contributed by atoms with E-state index in [9.17, 15) is 4.79 Å². The maximum absolute atomic E-state index is 12.5.